The smallest absolute Gasteiger partial charge is 0.387 e. The Morgan fingerprint density at radius 1 is 1.43 bits per heavy atom. The van der Waals surface area contributed by atoms with Gasteiger partial charge in [-0.25, -0.2) is 0 Å². The fourth-order valence-electron chi connectivity index (χ4n) is 1.96. The second kappa shape index (κ2) is 7.41. The highest BCUT2D eigenvalue weighted by molar-refractivity contribution is 6.31. The molecule has 0 aliphatic heterocycles. The third-order valence-electron chi connectivity index (χ3n) is 3.08. The Balaban J connectivity index is 1.99. The summed E-state index contributed by atoms with van der Waals surface area (Å²) in [4.78, 5) is 12.0. The lowest BCUT2D eigenvalue weighted by Crippen LogP contribution is -2.16. The summed E-state index contributed by atoms with van der Waals surface area (Å²) in [6.07, 6.45) is 1.75. The van der Waals surface area contributed by atoms with Crippen molar-refractivity contribution >= 4 is 23.2 Å². The number of nitrogens with zero attached hydrogens (tertiary/aromatic N) is 2. The third kappa shape index (κ3) is 4.92. The zero-order valence-electron chi connectivity index (χ0n) is 12.6. The average molecular weight is 344 g/mol. The number of hydrogen-bond acceptors (Lipinski definition) is 3. The van der Waals surface area contributed by atoms with Gasteiger partial charge in [-0.1, -0.05) is 17.7 Å². The van der Waals surface area contributed by atoms with Gasteiger partial charge in [0.1, 0.15) is 5.75 Å². The van der Waals surface area contributed by atoms with Crippen LogP contribution in [0.1, 0.15) is 17.7 Å². The molecule has 0 aliphatic rings. The lowest BCUT2D eigenvalue weighted by molar-refractivity contribution is -0.116. The Hall–Kier alpha value is -2.15. The summed E-state index contributed by atoms with van der Waals surface area (Å²) in [6.45, 7) is 0.880. The molecule has 0 saturated heterocycles. The number of aryl methyl sites for hydroxylation is 3. The third-order valence-corrected chi connectivity index (χ3v) is 3.45. The summed E-state index contributed by atoms with van der Waals surface area (Å²) in [5.74, 6) is -0.399. The molecule has 1 amide bonds. The Morgan fingerprint density at radius 3 is 2.78 bits per heavy atom. The minimum atomic E-state index is -2.96. The van der Waals surface area contributed by atoms with Crippen molar-refractivity contribution in [1.29, 1.82) is 0 Å². The van der Waals surface area contributed by atoms with Gasteiger partial charge in [0.25, 0.3) is 0 Å². The molecule has 1 aromatic carbocycles. The largest absolute Gasteiger partial charge is 0.433 e. The monoisotopic (exact) mass is 343 g/mol. The van der Waals surface area contributed by atoms with E-state index in [4.69, 9.17) is 11.6 Å². The van der Waals surface area contributed by atoms with E-state index in [1.165, 1.54) is 12.1 Å². The number of aromatic nitrogens is 2. The molecule has 0 unspecified atom stereocenters. The van der Waals surface area contributed by atoms with Crippen molar-refractivity contribution in [2.24, 2.45) is 0 Å². The molecule has 0 atom stereocenters. The molecule has 8 heteroatoms. The second-order valence-electron chi connectivity index (χ2n) is 5.00. The second-order valence-corrected chi connectivity index (χ2v) is 5.41. The minimum absolute atomic E-state index is 0.0636. The van der Waals surface area contributed by atoms with Gasteiger partial charge in [-0.2, -0.15) is 13.9 Å². The van der Waals surface area contributed by atoms with Crippen molar-refractivity contribution in [1.82, 2.24) is 9.78 Å². The summed E-state index contributed by atoms with van der Waals surface area (Å²) in [7, 11) is 0. The minimum Gasteiger partial charge on any atom is -0.433 e. The number of carbonyl (C=O) groups is 1. The number of amides is 1. The van der Waals surface area contributed by atoms with Gasteiger partial charge in [-0.15, -0.1) is 0 Å². The highest BCUT2D eigenvalue weighted by Crippen LogP contribution is 2.27. The predicted molar refractivity (Wildman–Crippen MR) is 83.0 cm³/mol. The van der Waals surface area contributed by atoms with Crippen molar-refractivity contribution in [3.63, 3.8) is 0 Å². The van der Waals surface area contributed by atoms with Gasteiger partial charge in [0.2, 0.25) is 5.91 Å². The van der Waals surface area contributed by atoms with E-state index in [1.54, 1.807) is 30.8 Å². The van der Waals surface area contributed by atoms with E-state index in [9.17, 15) is 13.6 Å². The summed E-state index contributed by atoms with van der Waals surface area (Å²) < 4.78 is 30.8. The Morgan fingerprint density at radius 2 is 2.17 bits per heavy atom. The zero-order valence-corrected chi connectivity index (χ0v) is 13.4. The maximum absolute atomic E-state index is 12.4. The molecule has 0 radical (unpaired) electrons. The molecular formula is C15H16ClF2N3O2. The fourth-order valence-corrected chi connectivity index (χ4v) is 2.11. The van der Waals surface area contributed by atoms with E-state index in [0.717, 1.165) is 5.56 Å². The molecule has 2 aromatic rings. The first-order valence-corrected chi connectivity index (χ1v) is 7.28. The molecule has 0 saturated carbocycles. The number of benzene rings is 1. The van der Waals surface area contributed by atoms with Gasteiger partial charge in [0.05, 0.1) is 16.4 Å². The number of alkyl halides is 2. The summed E-state index contributed by atoms with van der Waals surface area (Å²) >= 11 is 5.89. The number of anilines is 1. The predicted octanol–water partition coefficient (Wildman–Crippen LogP) is 3.78. The molecule has 23 heavy (non-hydrogen) atoms. The summed E-state index contributed by atoms with van der Waals surface area (Å²) in [5, 5.41) is 7.23. The number of carbonyl (C=O) groups excluding carboxylic acids is 1. The summed E-state index contributed by atoms with van der Waals surface area (Å²) in [5.41, 5.74) is 1.63. The van der Waals surface area contributed by atoms with E-state index < -0.39 is 6.61 Å². The van der Waals surface area contributed by atoms with E-state index in [2.05, 4.69) is 15.2 Å². The Kier molecular flexibility index (Phi) is 5.54. The molecule has 1 N–H and O–H groups in total. The highest BCUT2D eigenvalue weighted by Gasteiger charge is 2.13. The van der Waals surface area contributed by atoms with E-state index >= 15 is 0 Å². The number of halogens is 3. The molecule has 1 heterocycles. The topological polar surface area (TPSA) is 56.2 Å². The number of nitrogens with one attached hydrogen (secondary N) is 1. The lowest BCUT2D eigenvalue weighted by atomic mass is 10.2. The van der Waals surface area contributed by atoms with Crippen LogP contribution >= 0.6 is 11.6 Å². The van der Waals surface area contributed by atoms with Gasteiger partial charge < -0.3 is 10.1 Å². The lowest BCUT2D eigenvalue weighted by Gasteiger charge is -2.12. The number of hydrogen-bond donors (Lipinski definition) is 1. The van der Waals surface area contributed by atoms with Crippen LogP contribution in [0.3, 0.4) is 0 Å². The van der Waals surface area contributed by atoms with Crippen molar-refractivity contribution < 1.29 is 18.3 Å². The summed E-state index contributed by atoms with van der Waals surface area (Å²) in [6, 6.07) is 4.67. The molecule has 0 bridgehead atoms. The van der Waals surface area contributed by atoms with Crippen LogP contribution in [0.2, 0.25) is 5.02 Å². The average Bonchev–Trinajstić information content (AvgIpc) is 2.78. The molecule has 0 fully saturated rings. The van der Waals surface area contributed by atoms with E-state index in [0.29, 0.717) is 17.3 Å². The SMILES string of the molecule is Cc1ccc(NC(=O)CCn2cc(Cl)c(C)n2)c(OC(F)F)c1. The molecule has 5 nitrogen and oxygen atoms in total. The molecule has 2 rings (SSSR count). The molecule has 124 valence electrons. The van der Waals surface area contributed by atoms with Crippen LogP contribution in [0.4, 0.5) is 14.5 Å². The van der Waals surface area contributed by atoms with Crippen molar-refractivity contribution in [2.75, 3.05) is 5.32 Å². The van der Waals surface area contributed by atoms with Crippen LogP contribution < -0.4 is 10.1 Å². The van der Waals surface area contributed by atoms with Crippen LogP contribution in [-0.2, 0) is 11.3 Å². The first kappa shape index (κ1) is 17.2. The van der Waals surface area contributed by atoms with Crippen molar-refractivity contribution in [2.45, 2.75) is 33.4 Å². The van der Waals surface area contributed by atoms with Gasteiger partial charge in [0.15, 0.2) is 0 Å². The normalized spacial score (nSPS) is 10.9. The highest BCUT2D eigenvalue weighted by atomic mass is 35.5. The molecular weight excluding hydrogens is 328 g/mol. The number of ether oxygens (including phenoxy) is 1. The van der Waals surface area contributed by atoms with Crippen molar-refractivity contribution in [3.8, 4) is 5.75 Å². The first-order chi connectivity index (χ1) is 10.8. The van der Waals surface area contributed by atoms with Crippen LogP contribution in [0, 0.1) is 13.8 Å². The van der Waals surface area contributed by atoms with Gasteiger partial charge in [-0.3, -0.25) is 9.48 Å². The number of rotatable bonds is 6. The Bertz CT molecular complexity index is 685. The molecule has 0 spiro atoms. The fraction of sp³-hybridized carbons (Fsp3) is 0.333. The van der Waals surface area contributed by atoms with Gasteiger partial charge >= 0.3 is 6.61 Å². The van der Waals surface area contributed by atoms with Crippen LogP contribution in [0.25, 0.3) is 0 Å². The quantitative estimate of drug-likeness (QED) is 0.868. The van der Waals surface area contributed by atoms with Crippen LogP contribution in [0.15, 0.2) is 24.4 Å². The zero-order chi connectivity index (χ0) is 17.0. The van der Waals surface area contributed by atoms with Crippen molar-refractivity contribution in [3.05, 3.63) is 40.7 Å². The van der Waals surface area contributed by atoms with Gasteiger partial charge in [0, 0.05) is 19.2 Å². The first-order valence-electron chi connectivity index (χ1n) is 6.90. The van der Waals surface area contributed by atoms with Crippen LogP contribution in [-0.4, -0.2) is 22.3 Å². The molecule has 0 aliphatic carbocycles. The standard InChI is InChI=1S/C15H16ClF2N3O2/c1-9-3-4-12(13(7-9)23-15(17)18)19-14(22)5-6-21-8-11(16)10(2)20-21/h3-4,7-8,15H,5-6H2,1-2H3,(H,19,22). The Labute approximate surface area is 137 Å². The van der Waals surface area contributed by atoms with Crippen LogP contribution in [0.5, 0.6) is 5.75 Å². The maximum Gasteiger partial charge on any atom is 0.387 e. The molecule has 1 aromatic heterocycles. The van der Waals surface area contributed by atoms with E-state index in [1.807, 2.05) is 0 Å². The van der Waals surface area contributed by atoms with Gasteiger partial charge in [-0.05, 0) is 31.5 Å². The maximum atomic E-state index is 12.4. The van der Waals surface area contributed by atoms with E-state index in [-0.39, 0.29) is 23.8 Å².